The van der Waals surface area contributed by atoms with Gasteiger partial charge in [0.25, 0.3) is 0 Å². The molecule has 0 atom stereocenters. The second-order valence-electron chi connectivity index (χ2n) is 4.41. The Labute approximate surface area is 125 Å². The summed E-state index contributed by atoms with van der Waals surface area (Å²) >= 11 is 7.53. The molecule has 1 N–H and O–H groups in total. The van der Waals surface area contributed by atoms with Crippen LogP contribution in [0.15, 0.2) is 30.5 Å². The quantitative estimate of drug-likeness (QED) is 0.802. The molecule has 0 fully saturated rings. The van der Waals surface area contributed by atoms with E-state index in [4.69, 9.17) is 11.6 Å². The Morgan fingerprint density at radius 3 is 2.85 bits per heavy atom. The van der Waals surface area contributed by atoms with E-state index in [9.17, 15) is 0 Å². The first-order valence-corrected chi connectivity index (χ1v) is 7.18. The summed E-state index contributed by atoms with van der Waals surface area (Å²) in [4.78, 5) is 0. The number of anilines is 2. The second kappa shape index (κ2) is 5.22. The van der Waals surface area contributed by atoms with E-state index in [2.05, 4.69) is 26.7 Å². The third-order valence-corrected chi connectivity index (χ3v) is 3.80. The van der Waals surface area contributed by atoms with Gasteiger partial charge in [-0.15, -0.1) is 10.2 Å². The van der Waals surface area contributed by atoms with Crippen LogP contribution in [0.3, 0.4) is 0 Å². The average molecular weight is 306 g/mol. The third kappa shape index (κ3) is 2.66. The summed E-state index contributed by atoms with van der Waals surface area (Å²) in [5.74, 6) is 0. The number of nitrogens with zero attached hydrogens (tertiary/aromatic N) is 4. The number of aromatic nitrogens is 4. The Balaban J connectivity index is 1.85. The van der Waals surface area contributed by atoms with E-state index in [1.165, 1.54) is 16.9 Å². The number of nitrogens with one attached hydrogen (secondary N) is 1. The summed E-state index contributed by atoms with van der Waals surface area (Å²) in [5, 5.41) is 17.7. The second-order valence-corrected chi connectivity index (χ2v) is 5.79. The van der Waals surface area contributed by atoms with Crippen LogP contribution in [0.25, 0.3) is 10.7 Å². The molecule has 20 heavy (non-hydrogen) atoms. The van der Waals surface area contributed by atoms with Crippen molar-refractivity contribution in [3.8, 4) is 10.7 Å². The molecule has 7 heteroatoms. The summed E-state index contributed by atoms with van der Waals surface area (Å²) in [6.07, 6.45) is 1.74. The van der Waals surface area contributed by atoms with Gasteiger partial charge in [-0.05, 0) is 24.6 Å². The van der Waals surface area contributed by atoms with Crippen molar-refractivity contribution in [3.05, 3.63) is 41.0 Å². The van der Waals surface area contributed by atoms with Gasteiger partial charge < -0.3 is 5.32 Å². The van der Waals surface area contributed by atoms with E-state index in [0.717, 1.165) is 5.69 Å². The molecule has 0 spiro atoms. The lowest BCUT2D eigenvalue weighted by molar-refractivity contribution is 0.770. The maximum Gasteiger partial charge on any atom is 0.210 e. The van der Waals surface area contributed by atoms with Gasteiger partial charge in [-0.1, -0.05) is 35.1 Å². The summed E-state index contributed by atoms with van der Waals surface area (Å²) in [6, 6.07) is 8.08. The van der Waals surface area contributed by atoms with Crippen LogP contribution in [0.2, 0.25) is 5.02 Å². The molecule has 1 aromatic carbocycles. The molecule has 0 aliphatic carbocycles. The van der Waals surface area contributed by atoms with Gasteiger partial charge in [0.15, 0.2) is 5.01 Å². The van der Waals surface area contributed by atoms with E-state index in [-0.39, 0.29) is 0 Å². The average Bonchev–Trinajstić information content (AvgIpc) is 2.96. The van der Waals surface area contributed by atoms with Crippen LogP contribution in [-0.4, -0.2) is 20.0 Å². The van der Waals surface area contributed by atoms with Crippen molar-refractivity contribution in [1.82, 2.24) is 20.0 Å². The minimum Gasteiger partial charge on any atom is -0.330 e. The minimum absolute atomic E-state index is 0.575. The van der Waals surface area contributed by atoms with Crippen LogP contribution < -0.4 is 5.32 Å². The largest absolute Gasteiger partial charge is 0.330 e. The van der Waals surface area contributed by atoms with Crippen LogP contribution in [0.5, 0.6) is 0 Å². The molecule has 0 aliphatic rings. The number of hydrogen-bond donors (Lipinski definition) is 1. The zero-order valence-electron chi connectivity index (χ0n) is 11.0. The Hall–Kier alpha value is -1.92. The van der Waals surface area contributed by atoms with Crippen molar-refractivity contribution < 1.29 is 0 Å². The Morgan fingerprint density at radius 1 is 1.30 bits per heavy atom. The fraction of sp³-hybridized carbons (Fsp3) is 0.154. The van der Waals surface area contributed by atoms with Crippen molar-refractivity contribution in [2.45, 2.75) is 6.92 Å². The number of hydrogen-bond acceptors (Lipinski definition) is 5. The highest BCUT2D eigenvalue weighted by Crippen LogP contribution is 2.31. The molecule has 3 rings (SSSR count). The summed E-state index contributed by atoms with van der Waals surface area (Å²) in [5.41, 5.74) is 2.83. The van der Waals surface area contributed by atoms with Gasteiger partial charge in [0.05, 0.1) is 5.02 Å². The van der Waals surface area contributed by atoms with E-state index in [1.54, 1.807) is 10.9 Å². The molecule has 0 saturated heterocycles. The molecule has 0 saturated carbocycles. The molecule has 2 aromatic heterocycles. The predicted molar refractivity (Wildman–Crippen MR) is 81.6 cm³/mol. The van der Waals surface area contributed by atoms with Crippen LogP contribution in [0.4, 0.5) is 10.8 Å². The van der Waals surface area contributed by atoms with Crippen LogP contribution >= 0.6 is 22.9 Å². The first-order chi connectivity index (χ1) is 9.61. The van der Waals surface area contributed by atoms with Gasteiger partial charge in [-0.3, -0.25) is 4.68 Å². The van der Waals surface area contributed by atoms with Crippen LogP contribution in [-0.2, 0) is 7.05 Å². The standard InChI is InChI=1S/C13H12ClN5S/c1-8-4-3-5-9(6-8)15-13-17-16-12(20-13)11-10(14)7-19(2)18-11/h3-7H,1-2H3,(H,15,17). The summed E-state index contributed by atoms with van der Waals surface area (Å²) in [7, 11) is 1.82. The van der Waals surface area contributed by atoms with Crippen molar-refractivity contribution in [2.24, 2.45) is 7.05 Å². The molecule has 0 amide bonds. The van der Waals surface area contributed by atoms with E-state index in [0.29, 0.717) is 20.9 Å². The Morgan fingerprint density at radius 2 is 2.15 bits per heavy atom. The van der Waals surface area contributed by atoms with Crippen molar-refractivity contribution in [2.75, 3.05) is 5.32 Å². The van der Waals surface area contributed by atoms with Gasteiger partial charge in [0.1, 0.15) is 5.69 Å². The first-order valence-electron chi connectivity index (χ1n) is 5.98. The molecule has 0 aliphatic heterocycles. The summed E-state index contributed by atoms with van der Waals surface area (Å²) < 4.78 is 1.66. The van der Waals surface area contributed by atoms with Gasteiger partial charge in [0.2, 0.25) is 5.13 Å². The molecule has 0 radical (unpaired) electrons. The highest BCUT2D eigenvalue weighted by Gasteiger charge is 2.14. The fourth-order valence-corrected chi connectivity index (χ4v) is 2.91. The molecule has 3 aromatic rings. The topological polar surface area (TPSA) is 55.6 Å². The molecule has 102 valence electrons. The molecule has 0 bridgehead atoms. The van der Waals surface area contributed by atoms with Gasteiger partial charge in [-0.2, -0.15) is 5.10 Å². The highest BCUT2D eigenvalue weighted by molar-refractivity contribution is 7.18. The zero-order valence-corrected chi connectivity index (χ0v) is 12.5. The van der Waals surface area contributed by atoms with Crippen molar-refractivity contribution in [3.63, 3.8) is 0 Å². The van der Waals surface area contributed by atoms with Crippen molar-refractivity contribution in [1.29, 1.82) is 0 Å². The van der Waals surface area contributed by atoms with Crippen LogP contribution in [0.1, 0.15) is 5.56 Å². The smallest absolute Gasteiger partial charge is 0.210 e. The minimum atomic E-state index is 0.575. The molecule has 5 nitrogen and oxygen atoms in total. The maximum atomic E-state index is 6.10. The Kier molecular flexibility index (Phi) is 3.42. The lowest BCUT2D eigenvalue weighted by atomic mass is 10.2. The molecule has 2 heterocycles. The van der Waals surface area contributed by atoms with Crippen molar-refractivity contribution >= 4 is 33.8 Å². The maximum absolute atomic E-state index is 6.10. The highest BCUT2D eigenvalue weighted by atomic mass is 35.5. The van der Waals surface area contributed by atoms with Gasteiger partial charge in [0, 0.05) is 18.9 Å². The molecular weight excluding hydrogens is 294 g/mol. The summed E-state index contributed by atoms with van der Waals surface area (Å²) in [6.45, 7) is 2.05. The monoisotopic (exact) mass is 305 g/mol. The van der Waals surface area contributed by atoms with E-state index >= 15 is 0 Å². The normalized spacial score (nSPS) is 10.8. The van der Waals surface area contributed by atoms with Gasteiger partial charge >= 0.3 is 0 Å². The first kappa shape index (κ1) is 13.1. The SMILES string of the molecule is Cc1cccc(Nc2nnc(-c3nn(C)cc3Cl)s2)c1. The lowest BCUT2D eigenvalue weighted by Crippen LogP contribution is -1.89. The van der Waals surface area contributed by atoms with E-state index in [1.807, 2.05) is 32.2 Å². The number of rotatable bonds is 3. The van der Waals surface area contributed by atoms with Gasteiger partial charge in [-0.25, -0.2) is 0 Å². The Bertz CT molecular complexity index is 749. The zero-order chi connectivity index (χ0) is 14.1. The van der Waals surface area contributed by atoms with E-state index < -0.39 is 0 Å². The van der Waals surface area contributed by atoms with Crippen LogP contribution in [0, 0.1) is 6.92 Å². The third-order valence-electron chi connectivity index (χ3n) is 2.68. The lowest BCUT2D eigenvalue weighted by Gasteiger charge is -2.01. The number of aryl methyl sites for hydroxylation is 2. The fourth-order valence-electron chi connectivity index (χ4n) is 1.82. The predicted octanol–water partition coefficient (Wildman–Crippen LogP) is 3.64. The molecular formula is C13H12ClN5S. The number of benzene rings is 1. The number of halogens is 1. The molecule has 0 unspecified atom stereocenters.